The summed E-state index contributed by atoms with van der Waals surface area (Å²) < 4.78 is 53.5. The molecule has 0 saturated carbocycles. The highest BCUT2D eigenvalue weighted by Gasteiger charge is 2.51. The first-order valence-corrected chi connectivity index (χ1v) is 7.22. The van der Waals surface area contributed by atoms with Gasteiger partial charge in [0.05, 0.1) is 16.7 Å². The molecular weight excluding hydrogens is 333 g/mol. The molecule has 0 unspecified atom stereocenters. The molecule has 2 aromatic heterocycles. The molecule has 7 heteroatoms. The van der Waals surface area contributed by atoms with Gasteiger partial charge in [0, 0.05) is 17.8 Å². The number of halogens is 1. The van der Waals surface area contributed by atoms with Crippen LogP contribution in [0.1, 0.15) is 34.5 Å². The summed E-state index contributed by atoms with van der Waals surface area (Å²) in [5.41, 5.74) is -1.26. The largest absolute Gasteiger partial charge is 0.496 e. The lowest BCUT2D eigenvalue weighted by molar-refractivity contribution is 0.00578. The van der Waals surface area contributed by atoms with E-state index in [4.69, 9.17) is 16.2 Å². The van der Waals surface area contributed by atoms with E-state index in [-0.39, 0.29) is 46.6 Å². The van der Waals surface area contributed by atoms with Crippen molar-refractivity contribution in [2.24, 2.45) is 0 Å². The molecule has 1 saturated heterocycles. The smallest absolute Gasteiger partial charge is 0.399 e. The molecule has 0 N–H and O–H groups in total. The van der Waals surface area contributed by atoms with Crippen LogP contribution in [0.15, 0.2) is 35.3 Å². The van der Waals surface area contributed by atoms with Crippen LogP contribution in [0, 0.1) is 0 Å². The number of hydrogen-bond acceptors (Lipinski definition) is 4. The second-order valence-electron chi connectivity index (χ2n) is 5.75. The Morgan fingerprint density at radius 3 is 2.43 bits per heavy atom. The number of imidazole rings is 1. The minimum Gasteiger partial charge on any atom is -0.399 e. The summed E-state index contributed by atoms with van der Waals surface area (Å²) in [6.07, 6.45) is -0.800. The van der Waals surface area contributed by atoms with Gasteiger partial charge in [0.15, 0.2) is 0 Å². The Morgan fingerprint density at radius 1 is 1.19 bits per heavy atom. The minimum atomic E-state index is -0.994. The van der Waals surface area contributed by atoms with Crippen molar-refractivity contribution in [2.75, 3.05) is 0 Å². The van der Waals surface area contributed by atoms with Gasteiger partial charge in [-0.1, -0.05) is 6.04 Å². The molecule has 0 aliphatic carbocycles. The highest BCUT2D eigenvalue weighted by molar-refractivity contribution is 9.10. The van der Waals surface area contributed by atoms with E-state index >= 15 is 0 Å². The van der Waals surface area contributed by atoms with Gasteiger partial charge in [0.2, 0.25) is 0 Å². The zero-order chi connectivity index (χ0) is 19.6. The van der Waals surface area contributed by atoms with Crippen LogP contribution in [0.25, 0.3) is 5.82 Å². The summed E-state index contributed by atoms with van der Waals surface area (Å²) in [4.78, 5) is 7.83. The lowest BCUT2D eigenvalue weighted by Gasteiger charge is -2.32. The average molecular weight is 355 g/mol. The molecule has 5 nitrogen and oxygen atoms in total. The zero-order valence-electron chi connectivity index (χ0n) is 17.1. The summed E-state index contributed by atoms with van der Waals surface area (Å²) in [5, 5.41) is 0. The predicted molar refractivity (Wildman–Crippen MR) is 84.8 cm³/mol. The SMILES string of the molecule is [2H]c1nc(-n2c([2H])nc(Br)c2[2H])c([2H])c([2H])c1B1OC(C)(C)C(C)(C)O1. The maximum atomic E-state index is 8.32. The third kappa shape index (κ3) is 2.65. The molecule has 3 heterocycles. The number of hydrogen-bond donors (Lipinski definition) is 0. The topological polar surface area (TPSA) is 49.2 Å². The van der Waals surface area contributed by atoms with Gasteiger partial charge in [-0.3, -0.25) is 4.57 Å². The van der Waals surface area contributed by atoms with Crippen LogP contribution >= 0.6 is 15.9 Å². The first kappa shape index (κ1) is 9.76. The summed E-state index contributed by atoms with van der Waals surface area (Å²) in [7, 11) is -0.994. The lowest BCUT2D eigenvalue weighted by atomic mass is 9.80. The Bertz CT molecular complexity index is 889. The maximum absolute atomic E-state index is 8.32. The third-order valence-electron chi connectivity index (χ3n) is 3.74. The van der Waals surface area contributed by atoms with Crippen molar-refractivity contribution in [1.82, 2.24) is 14.5 Å². The second kappa shape index (κ2) is 4.93. The fourth-order valence-electron chi connectivity index (χ4n) is 1.81. The van der Waals surface area contributed by atoms with E-state index in [1.165, 1.54) is 0 Å². The fourth-order valence-corrected chi connectivity index (χ4v) is 2.06. The molecule has 1 fully saturated rings. The zero-order valence-corrected chi connectivity index (χ0v) is 13.7. The summed E-state index contributed by atoms with van der Waals surface area (Å²) in [6.45, 7) is 7.41. The maximum Gasteiger partial charge on any atom is 0.496 e. The number of rotatable bonds is 2. The summed E-state index contributed by atoms with van der Waals surface area (Å²) in [5.74, 6) is -0.173. The molecular formula is C14H17BBrN3O2. The van der Waals surface area contributed by atoms with E-state index in [0.717, 1.165) is 4.57 Å². The van der Waals surface area contributed by atoms with Gasteiger partial charge in [-0.25, -0.2) is 9.97 Å². The van der Waals surface area contributed by atoms with Gasteiger partial charge in [0.1, 0.15) is 18.1 Å². The molecule has 110 valence electrons. The molecule has 0 bridgehead atoms. The summed E-state index contributed by atoms with van der Waals surface area (Å²) >= 11 is 3.06. The van der Waals surface area contributed by atoms with E-state index in [1.807, 2.05) is 27.7 Å². The van der Waals surface area contributed by atoms with Crippen LogP contribution in [0.2, 0.25) is 0 Å². The molecule has 2 aromatic rings. The van der Waals surface area contributed by atoms with Gasteiger partial charge >= 0.3 is 7.12 Å². The van der Waals surface area contributed by atoms with E-state index in [0.29, 0.717) is 0 Å². The Morgan fingerprint density at radius 2 is 1.86 bits per heavy atom. The summed E-state index contributed by atoms with van der Waals surface area (Å²) in [6, 6.07) is -0.625. The number of aromatic nitrogens is 3. The quantitative estimate of drug-likeness (QED) is 0.776. The Hall–Kier alpha value is -1.18. The fraction of sp³-hybridized carbons (Fsp3) is 0.429. The predicted octanol–water partition coefficient (Wildman–Crippen LogP) is 2.33. The van der Waals surface area contributed by atoms with Gasteiger partial charge < -0.3 is 9.31 Å². The van der Waals surface area contributed by atoms with Crippen molar-refractivity contribution in [2.45, 2.75) is 38.9 Å². The lowest BCUT2D eigenvalue weighted by Crippen LogP contribution is -2.41. The van der Waals surface area contributed by atoms with Crippen LogP contribution in [0.4, 0.5) is 0 Å². The molecule has 0 atom stereocenters. The molecule has 1 aliphatic heterocycles. The van der Waals surface area contributed by atoms with E-state index in [2.05, 4.69) is 25.9 Å². The molecule has 0 amide bonds. The molecule has 3 rings (SSSR count). The van der Waals surface area contributed by atoms with Crippen LogP contribution < -0.4 is 5.46 Å². The standard InChI is InChI=1S/C14H17BBrN3O2/c1-13(2)14(3,4)21-15(20-13)10-5-6-12(17-7-10)19-8-11(16)18-9-19/h5-9H,1-4H3/i5D,6D,7D,8D,9D. The van der Waals surface area contributed by atoms with E-state index in [9.17, 15) is 0 Å². The van der Waals surface area contributed by atoms with Crippen LogP contribution in [-0.4, -0.2) is 32.9 Å². The van der Waals surface area contributed by atoms with Crippen molar-refractivity contribution in [1.29, 1.82) is 0 Å². The van der Waals surface area contributed by atoms with Gasteiger partial charge in [-0.05, 0) is 49.7 Å². The van der Waals surface area contributed by atoms with Crippen molar-refractivity contribution in [3.05, 3.63) is 35.3 Å². The van der Waals surface area contributed by atoms with Gasteiger partial charge in [0.25, 0.3) is 0 Å². The molecule has 21 heavy (non-hydrogen) atoms. The van der Waals surface area contributed by atoms with E-state index in [1.54, 1.807) is 0 Å². The normalized spacial score (nSPS) is 23.3. The highest BCUT2D eigenvalue weighted by atomic mass is 79.9. The van der Waals surface area contributed by atoms with Crippen molar-refractivity contribution in [3.63, 3.8) is 0 Å². The number of nitrogens with zero attached hydrogens (tertiary/aromatic N) is 3. The average Bonchev–Trinajstić information content (AvgIpc) is 2.87. The third-order valence-corrected chi connectivity index (χ3v) is 4.10. The first-order chi connectivity index (χ1) is 11.9. The van der Waals surface area contributed by atoms with Crippen LogP contribution in [-0.2, 0) is 9.31 Å². The van der Waals surface area contributed by atoms with Gasteiger partial charge in [-0.15, -0.1) is 0 Å². The van der Waals surface area contributed by atoms with Gasteiger partial charge in [-0.2, -0.15) is 0 Å². The van der Waals surface area contributed by atoms with E-state index < -0.39 is 18.3 Å². The second-order valence-corrected chi connectivity index (χ2v) is 6.50. The highest BCUT2D eigenvalue weighted by Crippen LogP contribution is 2.36. The van der Waals surface area contributed by atoms with Crippen LogP contribution in [0.5, 0.6) is 0 Å². The van der Waals surface area contributed by atoms with Crippen molar-refractivity contribution < 1.29 is 16.2 Å². The molecule has 0 radical (unpaired) electrons. The van der Waals surface area contributed by atoms with Crippen molar-refractivity contribution in [3.8, 4) is 5.82 Å². The number of pyridine rings is 1. The molecule has 0 aromatic carbocycles. The monoisotopic (exact) mass is 354 g/mol. The minimum absolute atomic E-state index is 0.0506. The molecule has 0 spiro atoms. The Labute approximate surface area is 140 Å². The van der Waals surface area contributed by atoms with Crippen LogP contribution in [0.3, 0.4) is 0 Å². The Kier molecular flexibility index (Phi) is 2.29. The first-order valence-electron chi connectivity index (χ1n) is 8.92. The van der Waals surface area contributed by atoms with Crippen molar-refractivity contribution >= 4 is 28.5 Å². The molecule has 1 aliphatic rings. The Balaban J connectivity index is 2.14.